The molecule has 2 aliphatic heterocycles. The van der Waals surface area contributed by atoms with Crippen LogP contribution in [0.4, 0.5) is 0 Å². The van der Waals surface area contributed by atoms with Gasteiger partial charge >= 0.3 is 0 Å². The summed E-state index contributed by atoms with van der Waals surface area (Å²) in [6.07, 6.45) is 0.469. The third-order valence-corrected chi connectivity index (χ3v) is 14.1. The number of hydrogen-bond acceptors (Lipinski definition) is 14. The number of primary amides is 2. The minimum absolute atomic E-state index is 0.0150. The lowest BCUT2D eigenvalue weighted by atomic mass is 9.96. The van der Waals surface area contributed by atoms with E-state index in [2.05, 4.69) is 42.2 Å². The van der Waals surface area contributed by atoms with Gasteiger partial charge in [0.2, 0.25) is 59.1 Å². The Labute approximate surface area is 421 Å². The van der Waals surface area contributed by atoms with Gasteiger partial charge in [0.15, 0.2) is 5.96 Å². The molecule has 2 saturated heterocycles. The van der Waals surface area contributed by atoms with Gasteiger partial charge in [0.25, 0.3) is 0 Å². The predicted molar refractivity (Wildman–Crippen MR) is 267 cm³/mol. The van der Waals surface area contributed by atoms with Crippen LogP contribution in [-0.2, 0) is 54.4 Å². The van der Waals surface area contributed by atoms with Gasteiger partial charge in [0.05, 0.1) is 6.54 Å². The van der Waals surface area contributed by atoms with E-state index in [9.17, 15) is 53.1 Å². The van der Waals surface area contributed by atoms with Crippen molar-refractivity contribution in [3.8, 4) is 5.75 Å². The highest BCUT2D eigenvalue weighted by atomic mass is 33.1. The van der Waals surface area contributed by atoms with Crippen LogP contribution < -0.4 is 60.2 Å². The second-order valence-electron chi connectivity index (χ2n) is 17.9. The van der Waals surface area contributed by atoms with Crippen LogP contribution >= 0.6 is 21.6 Å². The summed E-state index contributed by atoms with van der Waals surface area (Å²) in [6, 6.07) is -2.75. The van der Waals surface area contributed by atoms with E-state index < -0.39 is 114 Å². The maximum atomic E-state index is 14.6. The molecule has 26 heteroatoms. The molecule has 0 bridgehead atoms. The number of carbonyl (C=O) groups excluding carboxylic acids is 10. The van der Waals surface area contributed by atoms with Crippen molar-refractivity contribution in [3.63, 3.8) is 0 Å². The third-order valence-electron chi connectivity index (χ3n) is 11.7. The summed E-state index contributed by atoms with van der Waals surface area (Å²) in [4.78, 5) is 141. The second kappa shape index (κ2) is 29.8. The Bertz CT molecular complexity index is 2080. The van der Waals surface area contributed by atoms with Crippen LogP contribution in [0.3, 0.4) is 0 Å². The number of phenols is 1. The van der Waals surface area contributed by atoms with Crippen molar-refractivity contribution < 1.29 is 53.1 Å². The first kappa shape index (κ1) is 59.0. The highest BCUT2D eigenvalue weighted by Crippen LogP contribution is 2.26. The van der Waals surface area contributed by atoms with E-state index in [1.807, 2.05) is 13.8 Å². The topological polar surface area (TPSA) is 395 Å². The lowest BCUT2D eigenvalue weighted by Gasteiger charge is -2.31. The first-order valence-corrected chi connectivity index (χ1v) is 26.1. The monoisotopic (exact) mass is 1030 g/mol. The first-order valence-electron chi connectivity index (χ1n) is 23.6. The maximum absolute atomic E-state index is 14.6. The van der Waals surface area contributed by atoms with E-state index in [4.69, 9.17) is 22.9 Å². The molecule has 2 heterocycles. The van der Waals surface area contributed by atoms with Gasteiger partial charge < -0.3 is 70.2 Å². The van der Waals surface area contributed by atoms with Gasteiger partial charge in [0, 0.05) is 43.9 Å². The Kier molecular flexibility index (Phi) is 24.7. The zero-order valence-electron chi connectivity index (χ0n) is 40.7. The number of aromatic hydroxyl groups is 1. The van der Waals surface area contributed by atoms with Crippen molar-refractivity contribution in [1.29, 1.82) is 0 Å². The summed E-state index contributed by atoms with van der Waals surface area (Å²) in [5.41, 5.74) is 22.3. The number of amides is 10. The second-order valence-corrected chi connectivity index (χ2v) is 20.5. The van der Waals surface area contributed by atoms with Gasteiger partial charge in [-0.1, -0.05) is 67.8 Å². The van der Waals surface area contributed by atoms with Crippen molar-refractivity contribution in [1.82, 2.24) is 42.1 Å². The molecule has 2 fully saturated rings. The summed E-state index contributed by atoms with van der Waals surface area (Å²) >= 11 is 0. The number of nitrogens with two attached hydrogens (primary N) is 4. The van der Waals surface area contributed by atoms with Gasteiger partial charge in [-0.05, 0) is 68.1 Å². The molecule has 24 nitrogen and oxygen atoms in total. The van der Waals surface area contributed by atoms with Crippen LogP contribution in [0.2, 0.25) is 0 Å². The lowest BCUT2D eigenvalue weighted by Crippen LogP contribution is -2.61. The minimum atomic E-state index is -1.48. The molecule has 2 aliphatic rings. The van der Waals surface area contributed by atoms with Crippen LogP contribution in [0.5, 0.6) is 5.75 Å². The van der Waals surface area contributed by atoms with Crippen LogP contribution in [0, 0.1) is 11.8 Å². The van der Waals surface area contributed by atoms with E-state index in [-0.39, 0.29) is 93.6 Å². The Morgan fingerprint density at radius 2 is 1.48 bits per heavy atom. The molecule has 0 aliphatic carbocycles. The summed E-state index contributed by atoms with van der Waals surface area (Å²) in [6.45, 7) is 6.86. The predicted octanol–water partition coefficient (Wildman–Crippen LogP) is -2.37. The van der Waals surface area contributed by atoms with Crippen LogP contribution in [-0.4, -0.2) is 148 Å². The average Bonchev–Trinajstić information content (AvgIpc) is 3.81. The summed E-state index contributed by atoms with van der Waals surface area (Å²) in [5.74, 6) is -8.00. The number of nitrogens with one attached hydrogen (secondary N) is 7. The fourth-order valence-corrected chi connectivity index (χ4v) is 9.83. The van der Waals surface area contributed by atoms with Crippen molar-refractivity contribution in [2.24, 2.45) is 39.8 Å². The van der Waals surface area contributed by atoms with Crippen LogP contribution in [0.25, 0.3) is 0 Å². The third kappa shape index (κ3) is 20.5. The number of aliphatic imine (C=N–C) groups is 1. The van der Waals surface area contributed by atoms with Gasteiger partial charge in [-0.2, -0.15) is 0 Å². The fourth-order valence-electron chi connectivity index (χ4n) is 7.69. The molecule has 0 saturated carbocycles. The fraction of sp³-hybridized carbons (Fsp3) is 0.622. The van der Waals surface area contributed by atoms with E-state index >= 15 is 0 Å². The van der Waals surface area contributed by atoms with E-state index in [0.717, 1.165) is 10.8 Å². The quantitative estimate of drug-likeness (QED) is 0.0298. The van der Waals surface area contributed by atoms with Gasteiger partial charge in [-0.3, -0.25) is 52.9 Å². The first-order chi connectivity index (χ1) is 33.6. The molecule has 0 spiro atoms. The number of phenolic OH excluding ortho intramolecular Hbond substituents is 1. The molecule has 0 unspecified atom stereocenters. The number of nitrogens with zero attached hydrogens (tertiary/aromatic N) is 2. The van der Waals surface area contributed by atoms with Gasteiger partial charge in [0.1, 0.15) is 48.0 Å². The standard InChI is InChI=1S/C45H71N13O11S2/c1-5-25(4)37-43(68)54-29(14-15-34(46)60)40(65)53-28(8-6-17-50-45(48)49)39(64)56-32(23-71-70-19-16-36(62)52-31(41(66)57-37)21-26-10-12-27(59)13-11-26)44(69)58-18-7-9-33(58)42(67)55-30(20-24(2)3)38(63)51-22-35(47)61/h10-13,24-25,28-33,37,59H,5-9,14-23H2,1-4H3,(H2,46,60)(H2,47,61)(H,51,63)(H,52,62)(H,53,65)(H,54,68)(H,55,67)(H,56,64)(H,57,66)(H4,48,49,50)/t25-,28-,29-,30-,31-,32-,33-,37-/m0/s1. The molecule has 1 aromatic rings. The molecule has 8 atom stereocenters. The summed E-state index contributed by atoms with van der Waals surface area (Å²) in [7, 11) is 2.34. The van der Waals surface area contributed by atoms with Crippen molar-refractivity contribution in [2.75, 3.05) is 31.1 Å². The number of carbonyl (C=O) groups is 10. The lowest BCUT2D eigenvalue weighted by molar-refractivity contribution is -0.142. The Hall–Kier alpha value is -6.31. The molecule has 3 rings (SSSR count). The smallest absolute Gasteiger partial charge is 0.246 e. The molecule has 0 aromatic heterocycles. The van der Waals surface area contributed by atoms with E-state index in [1.54, 1.807) is 26.0 Å². The molecular weight excluding hydrogens is 963 g/mol. The number of hydrogen-bond donors (Lipinski definition) is 12. The molecule has 71 heavy (non-hydrogen) atoms. The molecule has 16 N–H and O–H groups in total. The van der Waals surface area contributed by atoms with Crippen molar-refractivity contribution in [3.05, 3.63) is 29.8 Å². The number of rotatable bonds is 19. The van der Waals surface area contributed by atoms with E-state index in [0.29, 0.717) is 18.4 Å². The van der Waals surface area contributed by atoms with Crippen LogP contribution in [0.15, 0.2) is 29.3 Å². The highest BCUT2D eigenvalue weighted by molar-refractivity contribution is 8.76. The molecule has 1 aromatic carbocycles. The Morgan fingerprint density at radius 1 is 0.831 bits per heavy atom. The number of benzene rings is 1. The Balaban J connectivity index is 2.06. The highest BCUT2D eigenvalue weighted by Gasteiger charge is 2.40. The van der Waals surface area contributed by atoms with Gasteiger partial charge in [-0.15, -0.1) is 0 Å². The van der Waals surface area contributed by atoms with Gasteiger partial charge in [-0.25, -0.2) is 0 Å². The molecule has 0 radical (unpaired) electrons. The van der Waals surface area contributed by atoms with Crippen molar-refractivity contribution in [2.45, 2.75) is 134 Å². The molecular formula is C45H71N13O11S2. The zero-order valence-corrected chi connectivity index (χ0v) is 42.3. The van der Waals surface area contributed by atoms with E-state index in [1.165, 1.54) is 27.8 Å². The normalized spacial score (nSPS) is 22.8. The Morgan fingerprint density at radius 3 is 2.11 bits per heavy atom. The number of guanidine groups is 1. The minimum Gasteiger partial charge on any atom is -0.508 e. The summed E-state index contributed by atoms with van der Waals surface area (Å²) < 4.78 is 0. The summed E-state index contributed by atoms with van der Waals surface area (Å²) in [5, 5.41) is 28.5. The van der Waals surface area contributed by atoms with Crippen molar-refractivity contribution >= 4 is 86.6 Å². The number of likely N-dealkylation sites (tertiary alicyclic amines) is 1. The van der Waals surface area contributed by atoms with Crippen LogP contribution in [0.1, 0.15) is 91.0 Å². The largest absolute Gasteiger partial charge is 0.508 e. The zero-order chi connectivity index (χ0) is 52.8. The average molecular weight is 1030 g/mol. The molecule has 10 amide bonds. The maximum Gasteiger partial charge on any atom is 0.246 e. The molecule has 394 valence electrons. The SMILES string of the molecule is CC[C@H](C)[C@@H]1NC(=O)[C@H](Cc2ccc(O)cc2)NC(=O)CCSSC[C@@H](C(=O)N2CCC[C@H]2C(=O)N[C@@H](CC(C)C)C(=O)NCC(N)=O)NC(=O)[C@H](CCCN=C(N)N)NC(=O)[C@H](CCC(N)=O)NC1=O.